The van der Waals surface area contributed by atoms with Gasteiger partial charge in [0.25, 0.3) is 5.91 Å². The van der Waals surface area contributed by atoms with Gasteiger partial charge < -0.3 is 4.90 Å². The van der Waals surface area contributed by atoms with E-state index in [-0.39, 0.29) is 5.91 Å². The second-order valence-electron chi connectivity index (χ2n) is 3.72. The number of carbonyl (C=O) groups excluding carboxylic acids is 1. The molecule has 5 heteroatoms. The van der Waals surface area contributed by atoms with Crippen molar-refractivity contribution in [3.05, 3.63) is 16.1 Å². The first-order valence-corrected chi connectivity index (χ1v) is 7.33. The molecule has 90 valence electrons. The van der Waals surface area contributed by atoms with Crippen molar-refractivity contribution in [3.63, 3.8) is 0 Å². The van der Waals surface area contributed by atoms with E-state index in [9.17, 15) is 4.79 Å². The SMILES string of the molecule is Cc1ncc(C(=O)N(C)CCCCCBr)s1. The molecule has 0 radical (unpaired) electrons. The molecule has 1 aromatic heterocycles. The molecule has 0 aromatic carbocycles. The topological polar surface area (TPSA) is 33.2 Å². The summed E-state index contributed by atoms with van der Waals surface area (Å²) in [5.74, 6) is 0.0874. The summed E-state index contributed by atoms with van der Waals surface area (Å²) in [6.45, 7) is 2.74. The van der Waals surface area contributed by atoms with E-state index in [1.54, 1.807) is 11.1 Å². The first-order valence-electron chi connectivity index (χ1n) is 5.39. The van der Waals surface area contributed by atoms with Gasteiger partial charge in [0.05, 0.1) is 11.2 Å². The van der Waals surface area contributed by atoms with Crippen molar-refractivity contribution < 1.29 is 4.79 Å². The monoisotopic (exact) mass is 304 g/mol. The predicted molar refractivity (Wildman–Crippen MR) is 71.5 cm³/mol. The highest BCUT2D eigenvalue weighted by molar-refractivity contribution is 9.09. The van der Waals surface area contributed by atoms with E-state index >= 15 is 0 Å². The maximum atomic E-state index is 11.9. The molecule has 1 amide bonds. The molecule has 0 saturated carbocycles. The van der Waals surface area contributed by atoms with Crippen molar-refractivity contribution in [3.8, 4) is 0 Å². The summed E-state index contributed by atoms with van der Waals surface area (Å²) in [4.78, 5) is 18.5. The van der Waals surface area contributed by atoms with E-state index in [4.69, 9.17) is 0 Å². The number of unbranched alkanes of at least 4 members (excludes halogenated alkanes) is 2. The Balaban J connectivity index is 2.36. The normalized spacial score (nSPS) is 10.4. The Bertz CT molecular complexity index is 340. The number of hydrogen-bond acceptors (Lipinski definition) is 3. The lowest BCUT2D eigenvalue weighted by Crippen LogP contribution is -2.27. The van der Waals surface area contributed by atoms with Crippen LogP contribution in [0.3, 0.4) is 0 Å². The minimum absolute atomic E-state index is 0.0874. The van der Waals surface area contributed by atoms with Gasteiger partial charge in [0, 0.05) is 18.9 Å². The van der Waals surface area contributed by atoms with Gasteiger partial charge in [-0.05, 0) is 19.8 Å². The molecule has 0 bridgehead atoms. The summed E-state index contributed by atoms with van der Waals surface area (Å²) in [5.41, 5.74) is 0. The van der Waals surface area contributed by atoms with Gasteiger partial charge in [-0.3, -0.25) is 4.79 Å². The van der Waals surface area contributed by atoms with E-state index in [1.807, 2.05) is 14.0 Å². The summed E-state index contributed by atoms with van der Waals surface area (Å²) in [7, 11) is 1.85. The van der Waals surface area contributed by atoms with Crippen LogP contribution in [0.4, 0.5) is 0 Å². The smallest absolute Gasteiger partial charge is 0.265 e. The predicted octanol–water partition coefficient (Wildman–Crippen LogP) is 3.09. The zero-order valence-electron chi connectivity index (χ0n) is 9.70. The van der Waals surface area contributed by atoms with E-state index < -0.39 is 0 Å². The third-order valence-electron chi connectivity index (χ3n) is 2.31. The van der Waals surface area contributed by atoms with Gasteiger partial charge in [-0.25, -0.2) is 4.98 Å². The van der Waals surface area contributed by atoms with Crippen LogP contribution in [0, 0.1) is 6.92 Å². The van der Waals surface area contributed by atoms with Crippen molar-refractivity contribution in [2.24, 2.45) is 0 Å². The molecular formula is C11H17BrN2OS. The van der Waals surface area contributed by atoms with E-state index in [0.717, 1.165) is 34.6 Å². The van der Waals surface area contributed by atoms with Gasteiger partial charge in [0.15, 0.2) is 0 Å². The lowest BCUT2D eigenvalue weighted by atomic mass is 10.2. The van der Waals surface area contributed by atoms with E-state index in [1.165, 1.54) is 17.8 Å². The van der Waals surface area contributed by atoms with Gasteiger partial charge in [-0.1, -0.05) is 22.4 Å². The van der Waals surface area contributed by atoms with Crippen LogP contribution in [-0.2, 0) is 0 Å². The molecule has 0 aliphatic heterocycles. The highest BCUT2D eigenvalue weighted by atomic mass is 79.9. The molecule has 0 N–H and O–H groups in total. The Morgan fingerprint density at radius 2 is 2.25 bits per heavy atom. The van der Waals surface area contributed by atoms with Gasteiger partial charge in [0.2, 0.25) is 0 Å². The van der Waals surface area contributed by atoms with Gasteiger partial charge in [0.1, 0.15) is 4.88 Å². The molecule has 16 heavy (non-hydrogen) atoms. The van der Waals surface area contributed by atoms with E-state index in [2.05, 4.69) is 20.9 Å². The summed E-state index contributed by atoms with van der Waals surface area (Å²) in [6.07, 6.45) is 5.05. The largest absolute Gasteiger partial charge is 0.341 e. The molecule has 3 nitrogen and oxygen atoms in total. The second kappa shape index (κ2) is 7.01. The Morgan fingerprint density at radius 1 is 1.50 bits per heavy atom. The van der Waals surface area contributed by atoms with Crippen LogP contribution in [0.1, 0.15) is 33.9 Å². The van der Waals surface area contributed by atoms with E-state index in [0.29, 0.717) is 0 Å². The van der Waals surface area contributed by atoms with Crippen LogP contribution in [0.5, 0.6) is 0 Å². The lowest BCUT2D eigenvalue weighted by Gasteiger charge is -2.15. The minimum Gasteiger partial charge on any atom is -0.341 e. The molecule has 0 aliphatic carbocycles. The number of alkyl halides is 1. The Labute approximate surface area is 109 Å². The summed E-state index contributed by atoms with van der Waals surface area (Å²) < 4.78 is 0. The van der Waals surface area contributed by atoms with Crippen molar-refractivity contribution in [1.82, 2.24) is 9.88 Å². The number of aryl methyl sites for hydroxylation is 1. The molecule has 0 atom stereocenters. The molecule has 0 spiro atoms. The maximum Gasteiger partial charge on any atom is 0.265 e. The fourth-order valence-electron chi connectivity index (χ4n) is 1.37. The third-order valence-corrected chi connectivity index (χ3v) is 3.77. The number of amides is 1. The molecule has 1 rings (SSSR count). The van der Waals surface area contributed by atoms with Crippen molar-refractivity contribution in [2.45, 2.75) is 26.2 Å². The summed E-state index contributed by atoms with van der Waals surface area (Å²) in [5, 5.41) is 1.98. The molecule has 1 aromatic rings. The van der Waals surface area contributed by atoms with Crippen LogP contribution in [0.25, 0.3) is 0 Å². The minimum atomic E-state index is 0.0874. The first kappa shape index (κ1) is 13.6. The maximum absolute atomic E-state index is 11.9. The molecule has 0 unspecified atom stereocenters. The first-order chi connectivity index (χ1) is 7.65. The second-order valence-corrected chi connectivity index (χ2v) is 5.75. The van der Waals surface area contributed by atoms with Crippen molar-refractivity contribution in [2.75, 3.05) is 18.9 Å². The van der Waals surface area contributed by atoms with Gasteiger partial charge in [-0.2, -0.15) is 0 Å². The molecule has 0 aliphatic rings. The van der Waals surface area contributed by atoms with Crippen LogP contribution in [-0.4, -0.2) is 34.7 Å². The number of carbonyl (C=O) groups is 1. The third kappa shape index (κ3) is 4.22. The quantitative estimate of drug-likeness (QED) is 0.598. The number of aromatic nitrogens is 1. The average molecular weight is 305 g/mol. The highest BCUT2D eigenvalue weighted by Gasteiger charge is 2.13. The Morgan fingerprint density at radius 3 is 2.81 bits per heavy atom. The standard InChI is InChI=1S/C11H17BrN2OS/c1-9-13-8-10(16-9)11(15)14(2)7-5-3-4-6-12/h8H,3-7H2,1-2H3. The molecule has 1 heterocycles. The van der Waals surface area contributed by atoms with Crippen LogP contribution >= 0.6 is 27.3 Å². The lowest BCUT2D eigenvalue weighted by molar-refractivity contribution is 0.0797. The number of nitrogens with zero attached hydrogens (tertiary/aromatic N) is 2. The Hall–Kier alpha value is -0.420. The molecular weight excluding hydrogens is 288 g/mol. The zero-order valence-corrected chi connectivity index (χ0v) is 12.1. The van der Waals surface area contributed by atoms with Gasteiger partial charge >= 0.3 is 0 Å². The summed E-state index contributed by atoms with van der Waals surface area (Å²) in [6, 6.07) is 0. The van der Waals surface area contributed by atoms with Crippen LogP contribution in [0.2, 0.25) is 0 Å². The Kier molecular flexibility index (Phi) is 5.98. The fourth-order valence-corrected chi connectivity index (χ4v) is 2.54. The molecule has 0 saturated heterocycles. The van der Waals surface area contributed by atoms with Crippen LogP contribution < -0.4 is 0 Å². The fraction of sp³-hybridized carbons (Fsp3) is 0.636. The number of hydrogen-bond donors (Lipinski definition) is 0. The van der Waals surface area contributed by atoms with Crippen LogP contribution in [0.15, 0.2) is 6.20 Å². The average Bonchev–Trinajstić information content (AvgIpc) is 2.70. The zero-order chi connectivity index (χ0) is 12.0. The van der Waals surface area contributed by atoms with Gasteiger partial charge in [-0.15, -0.1) is 11.3 Å². The van der Waals surface area contributed by atoms with Crippen molar-refractivity contribution >= 4 is 33.2 Å². The number of halogens is 1. The number of rotatable bonds is 6. The summed E-state index contributed by atoms with van der Waals surface area (Å²) >= 11 is 4.86. The number of thiazole rings is 1. The van der Waals surface area contributed by atoms with Crippen molar-refractivity contribution in [1.29, 1.82) is 0 Å². The molecule has 0 fully saturated rings. The highest BCUT2D eigenvalue weighted by Crippen LogP contribution is 2.14.